The monoisotopic (exact) mass is 578 g/mol. The van der Waals surface area contributed by atoms with E-state index in [4.69, 9.17) is 23.7 Å². The zero-order valence-electron chi connectivity index (χ0n) is 25.1. The van der Waals surface area contributed by atoms with Gasteiger partial charge < -0.3 is 28.8 Å². The molecule has 0 heterocycles. The summed E-state index contributed by atoms with van der Waals surface area (Å²) in [6, 6.07) is 0. The van der Waals surface area contributed by atoms with E-state index in [1.807, 2.05) is 20.8 Å². The lowest BCUT2D eigenvalue weighted by molar-refractivity contribution is -0.316. The lowest BCUT2D eigenvalue weighted by Gasteiger charge is -2.69. The Morgan fingerprint density at radius 3 is 1.71 bits per heavy atom. The van der Waals surface area contributed by atoms with E-state index in [9.17, 15) is 29.1 Å². The molecule has 4 saturated carbocycles. The molecular weight excluding hydrogens is 536 g/mol. The largest absolute Gasteiger partial charge is 0.462 e. The molecule has 4 fully saturated rings. The van der Waals surface area contributed by atoms with Crippen molar-refractivity contribution >= 4 is 29.8 Å². The molecule has 1 spiro atoms. The minimum Gasteiger partial charge on any atom is -0.462 e. The Hall–Kier alpha value is -2.95. The maximum atomic E-state index is 12.7. The van der Waals surface area contributed by atoms with E-state index in [0.29, 0.717) is 18.4 Å². The van der Waals surface area contributed by atoms with E-state index < -0.39 is 94.6 Å². The van der Waals surface area contributed by atoms with E-state index in [0.717, 1.165) is 0 Å². The molecule has 2 bridgehead atoms. The summed E-state index contributed by atoms with van der Waals surface area (Å²) in [4.78, 5) is 62.3. The van der Waals surface area contributed by atoms with E-state index >= 15 is 0 Å². The van der Waals surface area contributed by atoms with Crippen LogP contribution in [0.3, 0.4) is 0 Å². The predicted molar refractivity (Wildman–Crippen MR) is 142 cm³/mol. The Morgan fingerprint density at radius 1 is 0.707 bits per heavy atom. The standard InChI is InChI=1S/C30H42O11/c1-13-19-10-20(37-14(2)31)23-29(9)12-21(38-15(3)32)26(40-17(5)34)28(7,8)24(29)22(39-16(4)33)27(41-18(6)35)30(23,11-19)25(13)36/h19-27,36H,1,10-12H2,2-9H3/t19-,20+,21+,22-,23+,24-,25-,26+,27+,29+,30+/m1/s1. The highest BCUT2D eigenvalue weighted by Crippen LogP contribution is 2.73. The molecule has 41 heavy (non-hydrogen) atoms. The van der Waals surface area contributed by atoms with E-state index in [-0.39, 0.29) is 12.3 Å². The lowest BCUT2D eigenvalue weighted by Crippen LogP contribution is -2.76. The summed E-state index contributed by atoms with van der Waals surface area (Å²) in [6.07, 6.45) is -5.06. The Labute approximate surface area is 240 Å². The Bertz CT molecular complexity index is 1160. The van der Waals surface area contributed by atoms with Crippen molar-refractivity contribution in [2.45, 2.75) is 111 Å². The van der Waals surface area contributed by atoms with Crippen molar-refractivity contribution < 1.29 is 52.8 Å². The molecule has 0 aromatic rings. The topological polar surface area (TPSA) is 152 Å². The highest BCUT2D eigenvalue weighted by molar-refractivity contribution is 5.69. The fourth-order valence-electron chi connectivity index (χ4n) is 9.52. The Kier molecular flexibility index (Phi) is 7.86. The summed E-state index contributed by atoms with van der Waals surface area (Å²) in [6.45, 7) is 16.1. The summed E-state index contributed by atoms with van der Waals surface area (Å²) < 4.78 is 29.6. The van der Waals surface area contributed by atoms with Crippen LogP contribution < -0.4 is 0 Å². The SMILES string of the molecule is C=C1[C@@H]2C[C@H](OC(C)=O)[C@H]3[C@]4(C)C[C@H](OC(C)=O)[C@H](OC(C)=O)C(C)(C)[C@H]4[C@@H](OC(C)=O)[C@H](OC(C)=O)[C@]3(C2)[C@@H]1O. The van der Waals surface area contributed by atoms with Gasteiger partial charge in [-0.3, -0.25) is 24.0 Å². The minimum atomic E-state index is -1.23. The lowest BCUT2D eigenvalue weighted by atomic mass is 9.38. The molecule has 4 rings (SSSR count). The molecular formula is C30H42O11. The van der Waals surface area contributed by atoms with Gasteiger partial charge in [0.05, 0.1) is 6.10 Å². The predicted octanol–water partition coefficient (Wildman–Crippen LogP) is 2.65. The molecule has 0 aliphatic heterocycles. The van der Waals surface area contributed by atoms with Crippen molar-refractivity contribution in [1.82, 2.24) is 0 Å². The van der Waals surface area contributed by atoms with Crippen LogP contribution in [0.5, 0.6) is 0 Å². The van der Waals surface area contributed by atoms with Crippen molar-refractivity contribution in [2.75, 3.05) is 0 Å². The van der Waals surface area contributed by atoms with Crippen molar-refractivity contribution in [3.05, 3.63) is 12.2 Å². The molecule has 0 radical (unpaired) electrons. The van der Waals surface area contributed by atoms with Crippen molar-refractivity contribution in [1.29, 1.82) is 0 Å². The molecule has 0 amide bonds. The van der Waals surface area contributed by atoms with Gasteiger partial charge in [-0.15, -0.1) is 0 Å². The summed E-state index contributed by atoms with van der Waals surface area (Å²) in [5.41, 5.74) is -2.68. The number of hydrogen-bond donors (Lipinski definition) is 1. The van der Waals surface area contributed by atoms with E-state index in [1.165, 1.54) is 34.6 Å². The molecule has 228 valence electrons. The van der Waals surface area contributed by atoms with Crippen molar-refractivity contribution in [2.24, 2.45) is 34.0 Å². The molecule has 4 aliphatic carbocycles. The molecule has 1 N–H and O–H groups in total. The molecule has 4 aliphatic rings. The average molecular weight is 579 g/mol. The highest BCUT2D eigenvalue weighted by atomic mass is 16.6. The first-order chi connectivity index (χ1) is 18.9. The van der Waals surface area contributed by atoms with E-state index in [2.05, 4.69) is 6.58 Å². The number of aliphatic hydroxyl groups is 1. The summed E-state index contributed by atoms with van der Waals surface area (Å²) in [7, 11) is 0. The van der Waals surface area contributed by atoms with Crippen LogP contribution in [0.1, 0.15) is 74.7 Å². The second kappa shape index (κ2) is 10.4. The quantitative estimate of drug-likeness (QED) is 0.291. The average Bonchev–Trinajstić information content (AvgIpc) is 2.98. The first-order valence-corrected chi connectivity index (χ1v) is 14.1. The number of rotatable bonds is 5. The molecule has 11 heteroatoms. The maximum Gasteiger partial charge on any atom is 0.303 e. The zero-order valence-corrected chi connectivity index (χ0v) is 25.1. The van der Waals surface area contributed by atoms with Gasteiger partial charge in [0.2, 0.25) is 0 Å². The number of hydrogen-bond acceptors (Lipinski definition) is 11. The molecule has 0 aromatic heterocycles. The second-order valence-electron chi connectivity index (χ2n) is 13.1. The summed E-state index contributed by atoms with van der Waals surface area (Å²) in [5, 5.41) is 11.9. The van der Waals surface area contributed by atoms with Crippen LogP contribution >= 0.6 is 0 Å². The third-order valence-corrected chi connectivity index (χ3v) is 10.1. The Balaban J connectivity index is 2.05. The first kappa shape index (κ1) is 31.0. The molecule has 0 saturated heterocycles. The van der Waals surface area contributed by atoms with Crippen LogP contribution in [0.15, 0.2) is 12.2 Å². The van der Waals surface area contributed by atoms with Gasteiger partial charge in [0, 0.05) is 57.3 Å². The van der Waals surface area contributed by atoms with Gasteiger partial charge >= 0.3 is 29.8 Å². The molecule has 0 aromatic carbocycles. The van der Waals surface area contributed by atoms with Gasteiger partial charge in [-0.05, 0) is 36.2 Å². The third kappa shape index (κ3) is 4.83. The number of carbonyl (C=O) groups excluding carboxylic acids is 5. The summed E-state index contributed by atoms with van der Waals surface area (Å²) >= 11 is 0. The van der Waals surface area contributed by atoms with Crippen LogP contribution in [-0.4, -0.2) is 71.6 Å². The fourth-order valence-corrected chi connectivity index (χ4v) is 9.52. The fraction of sp³-hybridized carbons (Fsp3) is 0.767. The van der Waals surface area contributed by atoms with Gasteiger partial charge in [0.15, 0.2) is 0 Å². The van der Waals surface area contributed by atoms with Crippen LogP contribution in [0, 0.1) is 34.0 Å². The zero-order chi connectivity index (χ0) is 30.8. The number of ether oxygens (including phenoxy) is 5. The molecule has 0 unspecified atom stereocenters. The number of aliphatic hydroxyl groups excluding tert-OH is 1. The maximum absolute atomic E-state index is 12.7. The second-order valence-corrected chi connectivity index (χ2v) is 13.1. The molecule has 11 atom stereocenters. The van der Waals surface area contributed by atoms with Gasteiger partial charge in [-0.1, -0.05) is 27.4 Å². The minimum absolute atomic E-state index is 0.136. The Morgan fingerprint density at radius 2 is 1.20 bits per heavy atom. The highest BCUT2D eigenvalue weighted by Gasteiger charge is 2.79. The van der Waals surface area contributed by atoms with Crippen LogP contribution in [-0.2, 0) is 47.7 Å². The van der Waals surface area contributed by atoms with Crippen LogP contribution in [0.2, 0.25) is 0 Å². The summed E-state index contributed by atoms with van der Waals surface area (Å²) in [5.74, 6) is -4.47. The molecule has 11 nitrogen and oxygen atoms in total. The normalized spacial score (nSPS) is 42.2. The number of carbonyl (C=O) groups is 5. The smallest absolute Gasteiger partial charge is 0.303 e. The van der Waals surface area contributed by atoms with E-state index in [1.54, 1.807) is 0 Å². The number of esters is 5. The van der Waals surface area contributed by atoms with Gasteiger partial charge in [0.1, 0.15) is 30.5 Å². The third-order valence-electron chi connectivity index (χ3n) is 10.1. The number of fused-ring (bicyclic) bond motifs is 3. The first-order valence-electron chi connectivity index (χ1n) is 14.1. The van der Waals surface area contributed by atoms with Crippen molar-refractivity contribution in [3.63, 3.8) is 0 Å². The van der Waals surface area contributed by atoms with Crippen LogP contribution in [0.25, 0.3) is 0 Å². The van der Waals surface area contributed by atoms with Crippen LogP contribution in [0.4, 0.5) is 0 Å². The van der Waals surface area contributed by atoms with Crippen molar-refractivity contribution in [3.8, 4) is 0 Å². The van der Waals surface area contributed by atoms with Gasteiger partial charge in [-0.2, -0.15) is 0 Å². The van der Waals surface area contributed by atoms with Gasteiger partial charge in [-0.25, -0.2) is 0 Å². The van der Waals surface area contributed by atoms with Gasteiger partial charge in [0.25, 0.3) is 0 Å².